The minimum Gasteiger partial charge on any atom is -0.394 e. The van der Waals surface area contributed by atoms with Gasteiger partial charge in [0.1, 0.15) is 5.78 Å². The number of hydrogen-bond acceptors (Lipinski definition) is 4. The summed E-state index contributed by atoms with van der Waals surface area (Å²) in [5, 5.41) is 10.0. The number of halogens is 1. The summed E-state index contributed by atoms with van der Waals surface area (Å²) >= 11 is 3.44. The van der Waals surface area contributed by atoms with Gasteiger partial charge in [0, 0.05) is 43.5 Å². The van der Waals surface area contributed by atoms with Crippen molar-refractivity contribution >= 4 is 27.6 Å². The van der Waals surface area contributed by atoms with Gasteiger partial charge in [0.15, 0.2) is 0 Å². The molecular weight excluding hydrogens is 372 g/mol. The number of benzene rings is 1. The zero-order valence-electron chi connectivity index (χ0n) is 13.9. The Morgan fingerprint density at radius 1 is 1.21 bits per heavy atom. The second-order valence-electron chi connectivity index (χ2n) is 6.90. The van der Waals surface area contributed by atoms with Crippen molar-refractivity contribution in [2.45, 2.75) is 25.3 Å². The maximum Gasteiger partial charge on any atom is 0.226 e. The van der Waals surface area contributed by atoms with E-state index in [9.17, 15) is 14.7 Å². The molecule has 130 valence electrons. The van der Waals surface area contributed by atoms with E-state index in [2.05, 4.69) is 20.8 Å². The van der Waals surface area contributed by atoms with Gasteiger partial charge in [0.05, 0.1) is 18.1 Å². The number of carbonyl (C=O) groups excluding carboxylic acids is 2. The molecule has 2 fully saturated rings. The van der Waals surface area contributed by atoms with Crippen molar-refractivity contribution in [2.24, 2.45) is 5.92 Å². The van der Waals surface area contributed by atoms with Crippen LogP contribution in [0.1, 0.15) is 25.3 Å². The Labute approximate surface area is 150 Å². The molecule has 0 spiro atoms. The van der Waals surface area contributed by atoms with Gasteiger partial charge in [-0.25, -0.2) is 0 Å². The van der Waals surface area contributed by atoms with Crippen molar-refractivity contribution in [3.05, 3.63) is 34.3 Å². The third kappa shape index (κ3) is 3.27. The van der Waals surface area contributed by atoms with E-state index in [4.69, 9.17) is 0 Å². The molecule has 1 aromatic carbocycles. The van der Waals surface area contributed by atoms with Crippen molar-refractivity contribution < 1.29 is 14.7 Å². The van der Waals surface area contributed by atoms with Crippen molar-refractivity contribution in [3.8, 4) is 0 Å². The summed E-state index contributed by atoms with van der Waals surface area (Å²) in [7, 11) is 0. The number of rotatable bonds is 4. The van der Waals surface area contributed by atoms with Crippen LogP contribution >= 0.6 is 15.9 Å². The van der Waals surface area contributed by atoms with Gasteiger partial charge in [-0.3, -0.25) is 14.5 Å². The molecule has 1 heterocycles. The van der Waals surface area contributed by atoms with Gasteiger partial charge in [0.2, 0.25) is 5.91 Å². The predicted molar refractivity (Wildman–Crippen MR) is 94.5 cm³/mol. The third-order valence-corrected chi connectivity index (χ3v) is 5.89. The lowest BCUT2D eigenvalue weighted by molar-refractivity contribution is -0.147. The number of aliphatic hydroxyl groups is 1. The van der Waals surface area contributed by atoms with E-state index in [1.807, 2.05) is 36.1 Å². The van der Waals surface area contributed by atoms with E-state index in [0.717, 1.165) is 23.1 Å². The van der Waals surface area contributed by atoms with Gasteiger partial charge in [0.25, 0.3) is 0 Å². The van der Waals surface area contributed by atoms with Crippen molar-refractivity contribution in [3.63, 3.8) is 0 Å². The summed E-state index contributed by atoms with van der Waals surface area (Å²) in [5.74, 6) is 0.207. The first kappa shape index (κ1) is 17.6. The number of piperazine rings is 1. The fourth-order valence-electron chi connectivity index (χ4n) is 3.53. The van der Waals surface area contributed by atoms with Crippen LogP contribution in [0.5, 0.6) is 0 Å². The molecule has 0 radical (unpaired) electrons. The van der Waals surface area contributed by atoms with Gasteiger partial charge in [-0.2, -0.15) is 0 Å². The SMILES string of the molecule is CC(CO)(c1ccc(Br)cc1)N1CCN(C(=O)C2CC(=O)C2)CC1. The van der Waals surface area contributed by atoms with E-state index >= 15 is 0 Å². The second kappa shape index (κ2) is 6.94. The highest BCUT2D eigenvalue weighted by molar-refractivity contribution is 9.10. The molecule has 3 rings (SSSR count). The number of amides is 1. The average Bonchev–Trinajstić information content (AvgIpc) is 2.58. The highest BCUT2D eigenvalue weighted by Gasteiger charge is 2.39. The summed E-state index contributed by atoms with van der Waals surface area (Å²) in [6, 6.07) is 8.02. The van der Waals surface area contributed by atoms with E-state index in [1.54, 1.807) is 0 Å². The van der Waals surface area contributed by atoms with Crippen molar-refractivity contribution in [1.82, 2.24) is 9.80 Å². The van der Waals surface area contributed by atoms with Gasteiger partial charge in [-0.15, -0.1) is 0 Å². The minimum atomic E-state index is -0.456. The molecule has 1 unspecified atom stereocenters. The zero-order valence-corrected chi connectivity index (χ0v) is 15.5. The molecule has 2 aliphatic rings. The molecular formula is C18H23BrN2O3. The summed E-state index contributed by atoms with van der Waals surface area (Å²) in [5.41, 5.74) is 0.611. The summed E-state index contributed by atoms with van der Waals surface area (Å²) in [6.45, 7) is 4.81. The maximum absolute atomic E-state index is 12.4. The summed E-state index contributed by atoms with van der Waals surface area (Å²) < 4.78 is 1.01. The predicted octanol–water partition coefficient (Wildman–Crippen LogP) is 1.78. The molecule has 0 bridgehead atoms. The molecule has 1 aromatic rings. The maximum atomic E-state index is 12.4. The molecule has 1 atom stereocenters. The van der Waals surface area contributed by atoms with Crippen molar-refractivity contribution in [1.29, 1.82) is 0 Å². The number of Topliss-reactive ketones (excluding diaryl/α,β-unsaturated/α-hetero) is 1. The van der Waals surface area contributed by atoms with Crippen LogP contribution in [0, 0.1) is 5.92 Å². The fourth-order valence-corrected chi connectivity index (χ4v) is 3.79. The van der Waals surface area contributed by atoms with Gasteiger partial charge in [-0.1, -0.05) is 28.1 Å². The van der Waals surface area contributed by atoms with Crippen LogP contribution in [0.2, 0.25) is 0 Å². The molecule has 1 N–H and O–H groups in total. The molecule has 0 aromatic heterocycles. The average molecular weight is 395 g/mol. The highest BCUT2D eigenvalue weighted by Crippen LogP contribution is 2.31. The van der Waals surface area contributed by atoms with Gasteiger partial charge >= 0.3 is 0 Å². The van der Waals surface area contributed by atoms with Crippen molar-refractivity contribution in [2.75, 3.05) is 32.8 Å². The van der Waals surface area contributed by atoms with Crippen LogP contribution in [-0.2, 0) is 15.1 Å². The summed E-state index contributed by atoms with van der Waals surface area (Å²) in [4.78, 5) is 27.6. The number of aliphatic hydroxyl groups excluding tert-OH is 1. The van der Waals surface area contributed by atoms with Crippen LogP contribution < -0.4 is 0 Å². The first-order valence-electron chi connectivity index (χ1n) is 8.36. The Morgan fingerprint density at radius 2 is 1.79 bits per heavy atom. The fraction of sp³-hybridized carbons (Fsp3) is 0.556. The van der Waals surface area contributed by atoms with E-state index in [-0.39, 0.29) is 24.2 Å². The first-order chi connectivity index (χ1) is 11.4. The Bertz CT molecular complexity index is 618. The standard InChI is InChI=1S/C18H23BrN2O3/c1-18(12-22,14-2-4-15(19)5-3-14)21-8-6-20(7-9-21)17(24)13-10-16(23)11-13/h2-5,13,22H,6-12H2,1H3. The zero-order chi connectivity index (χ0) is 17.3. The van der Waals surface area contributed by atoms with Crippen LogP contribution in [-0.4, -0.2) is 59.4 Å². The lowest BCUT2D eigenvalue weighted by Crippen LogP contribution is -2.58. The Hall–Kier alpha value is -1.24. The van der Waals surface area contributed by atoms with Gasteiger partial charge < -0.3 is 10.0 Å². The molecule has 1 saturated heterocycles. The minimum absolute atomic E-state index is 0.0275. The quantitative estimate of drug-likeness (QED) is 0.845. The Morgan fingerprint density at radius 3 is 2.29 bits per heavy atom. The highest BCUT2D eigenvalue weighted by atomic mass is 79.9. The van der Waals surface area contributed by atoms with Crippen LogP contribution in [0.15, 0.2) is 28.7 Å². The number of ketones is 1. The van der Waals surface area contributed by atoms with E-state index < -0.39 is 5.54 Å². The van der Waals surface area contributed by atoms with Gasteiger partial charge in [-0.05, 0) is 24.6 Å². The first-order valence-corrected chi connectivity index (χ1v) is 9.16. The normalized spacial score (nSPS) is 22.1. The largest absolute Gasteiger partial charge is 0.394 e. The van der Waals surface area contributed by atoms with Crippen LogP contribution in [0.25, 0.3) is 0 Å². The molecule has 1 aliphatic heterocycles. The van der Waals surface area contributed by atoms with Crippen LogP contribution in [0.3, 0.4) is 0 Å². The number of nitrogens with zero attached hydrogens (tertiary/aromatic N) is 2. The molecule has 1 amide bonds. The molecule has 1 saturated carbocycles. The Kier molecular flexibility index (Phi) is 5.08. The molecule has 5 nitrogen and oxygen atoms in total. The third-order valence-electron chi connectivity index (χ3n) is 5.36. The molecule has 24 heavy (non-hydrogen) atoms. The summed E-state index contributed by atoms with van der Waals surface area (Å²) in [6.07, 6.45) is 0.818. The monoisotopic (exact) mass is 394 g/mol. The smallest absolute Gasteiger partial charge is 0.226 e. The Balaban J connectivity index is 1.64. The second-order valence-corrected chi connectivity index (χ2v) is 7.81. The molecule has 1 aliphatic carbocycles. The lowest BCUT2D eigenvalue weighted by Gasteiger charge is -2.46. The van der Waals surface area contributed by atoms with E-state index in [1.165, 1.54) is 0 Å². The van der Waals surface area contributed by atoms with Crippen LogP contribution in [0.4, 0.5) is 0 Å². The number of carbonyl (C=O) groups is 2. The topological polar surface area (TPSA) is 60.9 Å². The molecule has 6 heteroatoms. The number of hydrogen-bond donors (Lipinski definition) is 1. The van der Waals surface area contributed by atoms with E-state index in [0.29, 0.717) is 25.9 Å². The lowest BCUT2D eigenvalue weighted by atomic mass is 9.82.